The molecule has 1 N–H and O–H groups in total. The largest absolute Gasteiger partial charge is 0.493 e. The Bertz CT molecular complexity index is 998. The standard InChI is InChI=1S/C17H15N3O2S2/c1-9-18-11-5-4-10(6-15(11)23-9)19-17-20-12-7-13(21-2)14(22-3)8-16(12)24-17/h4-8H,1-3H3,(H,19,20). The van der Waals surface area contributed by atoms with Crippen molar-refractivity contribution in [2.24, 2.45) is 0 Å². The second-order valence-corrected chi connectivity index (χ2v) is 7.50. The number of anilines is 2. The second-order valence-electron chi connectivity index (χ2n) is 5.23. The van der Waals surface area contributed by atoms with E-state index in [1.165, 1.54) is 4.70 Å². The summed E-state index contributed by atoms with van der Waals surface area (Å²) in [7, 11) is 3.26. The molecule has 0 spiro atoms. The second kappa shape index (κ2) is 5.92. The summed E-state index contributed by atoms with van der Waals surface area (Å²) in [6, 6.07) is 10.0. The van der Waals surface area contributed by atoms with Gasteiger partial charge in [0, 0.05) is 17.8 Å². The number of hydrogen-bond donors (Lipinski definition) is 1. The molecule has 0 aliphatic rings. The van der Waals surface area contributed by atoms with Gasteiger partial charge in [-0.1, -0.05) is 11.3 Å². The first-order valence-electron chi connectivity index (χ1n) is 7.33. The van der Waals surface area contributed by atoms with Gasteiger partial charge in [0.1, 0.15) is 0 Å². The van der Waals surface area contributed by atoms with E-state index in [9.17, 15) is 0 Å². The minimum Gasteiger partial charge on any atom is -0.493 e. The highest BCUT2D eigenvalue weighted by Crippen LogP contribution is 2.37. The quantitative estimate of drug-likeness (QED) is 0.558. The highest BCUT2D eigenvalue weighted by Gasteiger charge is 2.11. The third kappa shape index (κ3) is 2.65. The molecule has 7 heteroatoms. The van der Waals surface area contributed by atoms with Crippen LogP contribution < -0.4 is 14.8 Å². The SMILES string of the molecule is COc1cc2nc(Nc3ccc4nc(C)sc4c3)sc2cc1OC. The molecule has 0 amide bonds. The van der Waals surface area contributed by atoms with E-state index in [0.29, 0.717) is 11.5 Å². The molecule has 0 aliphatic carbocycles. The summed E-state index contributed by atoms with van der Waals surface area (Å²) in [5, 5.41) is 5.28. The molecule has 24 heavy (non-hydrogen) atoms. The number of thiazole rings is 2. The van der Waals surface area contributed by atoms with Crippen molar-refractivity contribution >= 4 is 53.9 Å². The van der Waals surface area contributed by atoms with Crippen molar-refractivity contribution in [3.8, 4) is 11.5 Å². The van der Waals surface area contributed by atoms with Crippen LogP contribution in [0.15, 0.2) is 30.3 Å². The molecule has 122 valence electrons. The van der Waals surface area contributed by atoms with Crippen LogP contribution in [0, 0.1) is 6.92 Å². The van der Waals surface area contributed by atoms with Crippen molar-refractivity contribution in [2.75, 3.05) is 19.5 Å². The van der Waals surface area contributed by atoms with Gasteiger partial charge < -0.3 is 14.8 Å². The van der Waals surface area contributed by atoms with E-state index < -0.39 is 0 Å². The van der Waals surface area contributed by atoms with Crippen molar-refractivity contribution in [1.82, 2.24) is 9.97 Å². The number of nitrogens with zero attached hydrogens (tertiary/aromatic N) is 2. The Kier molecular flexibility index (Phi) is 3.74. The van der Waals surface area contributed by atoms with Crippen LogP contribution in [0.25, 0.3) is 20.4 Å². The first-order chi connectivity index (χ1) is 11.7. The predicted octanol–water partition coefficient (Wildman–Crippen LogP) is 4.98. The predicted molar refractivity (Wildman–Crippen MR) is 100 cm³/mol. The van der Waals surface area contributed by atoms with Crippen LogP contribution in [0.5, 0.6) is 11.5 Å². The molecule has 2 aromatic heterocycles. The van der Waals surface area contributed by atoms with E-state index >= 15 is 0 Å². The lowest BCUT2D eigenvalue weighted by atomic mass is 10.3. The minimum absolute atomic E-state index is 0.684. The number of nitrogens with one attached hydrogen (secondary N) is 1. The highest BCUT2D eigenvalue weighted by molar-refractivity contribution is 7.22. The lowest BCUT2D eigenvalue weighted by Crippen LogP contribution is -1.90. The smallest absolute Gasteiger partial charge is 0.188 e. The molecule has 0 radical (unpaired) electrons. The number of benzene rings is 2. The van der Waals surface area contributed by atoms with Gasteiger partial charge in [-0.2, -0.15) is 0 Å². The average Bonchev–Trinajstić information content (AvgIpc) is 3.13. The maximum Gasteiger partial charge on any atom is 0.188 e. The fourth-order valence-corrected chi connectivity index (χ4v) is 4.31. The summed E-state index contributed by atoms with van der Waals surface area (Å²) >= 11 is 3.27. The Labute approximate surface area is 146 Å². The number of rotatable bonds is 4. The number of hydrogen-bond acceptors (Lipinski definition) is 7. The monoisotopic (exact) mass is 357 g/mol. The van der Waals surface area contributed by atoms with Gasteiger partial charge in [0.05, 0.1) is 39.7 Å². The summed E-state index contributed by atoms with van der Waals surface area (Å²) in [5.74, 6) is 1.39. The Morgan fingerprint density at radius 1 is 0.875 bits per heavy atom. The van der Waals surface area contributed by atoms with E-state index in [2.05, 4.69) is 21.4 Å². The maximum atomic E-state index is 5.35. The van der Waals surface area contributed by atoms with Crippen LogP contribution in [-0.4, -0.2) is 24.2 Å². The van der Waals surface area contributed by atoms with E-state index in [0.717, 1.165) is 31.6 Å². The number of fused-ring (bicyclic) bond motifs is 2. The summed E-state index contributed by atoms with van der Waals surface area (Å²) in [6.45, 7) is 2.02. The van der Waals surface area contributed by atoms with Gasteiger partial charge in [0.2, 0.25) is 0 Å². The Balaban J connectivity index is 1.70. The van der Waals surface area contributed by atoms with Crippen molar-refractivity contribution < 1.29 is 9.47 Å². The average molecular weight is 357 g/mol. The zero-order chi connectivity index (χ0) is 16.7. The third-order valence-corrected chi connectivity index (χ3v) is 5.51. The molecule has 2 aromatic carbocycles. The van der Waals surface area contributed by atoms with Crippen molar-refractivity contribution in [3.63, 3.8) is 0 Å². The molecule has 0 aliphatic heterocycles. The topological polar surface area (TPSA) is 56.3 Å². The normalized spacial score (nSPS) is 11.1. The zero-order valence-corrected chi connectivity index (χ0v) is 15.0. The van der Waals surface area contributed by atoms with E-state index in [-0.39, 0.29) is 0 Å². The minimum atomic E-state index is 0.684. The van der Waals surface area contributed by atoms with Crippen LogP contribution in [0.2, 0.25) is 0 Å². The van der Waals surface area contributed by atoms with Crippen molar-refractivity contribution in [3.05, 3.63) is 35.3 Å². The molecule has 0 unspecified atom stereocenters. The van der Waals surface area contributed by atoms with Crippen molar-refractivity contribution in [1.29, 1.82) is 0 Å². The van der Waals surface area contributed by atoms with Crippen LogP contribution in [-0.2, 0) is 0 Å². The van der Waals surface area contributed by atoms with Gasteiger partial charge >= 0.3 is 0 Å². The molecule has 4 rings (SSSR count). The van der Waals surface area contributed by atoms with Gasteiger partial charge in [-0.05, 0) is 25.1 Å². The first kappa shape index (κ1) is 15.2. The molecule has 2 heterocycles. The Morgan fingerprint density at radius 3 is 2.42 bits per heavy atom. The fraction of sp³-hybridized carbons (Fsp3) is 0.176. The van der Waals surface area contributed by atoms with E-state index in [1.54, 1.807) is 36.9 Å². The van der Waals surface area contributed by atoms with Gasteiger partial charge in [-0.15, -0.1) is 11.3 Å². The molecule has 0 fully saturated rings. The van der Waals surface area contributed by atoms with Gasteiger partial charge in [0.25, 0.3) is 0 Å². The van der Waals surface area contributed by atoms with Gasteiger partial charge in [-0.25, -0.2) is 9.97 Å². The molecule has 4 aromatic rings. The van der Waals surface area contributed by atoms with E-state index in [4.69, 9.17) is 9.47 Å². The number of ether oxygens (including phenoxy) is 2. The molecule has 0 saturated carbocycles. The zero-order valence-electron chi connectivity index (χ0n) is 13.4. The molecule has 0 bridgehead atoms. The van der Waals surface area contributed by atoms with E-state index in [1.807, 2.05) is 31.2 Å². The number of aromatic nitrogens is 2. The van der Waals surface area contributed by atoms with Crippen LogP contribution in [0.1, 0.15) is 5.01 Å². The van der Waals surface area contributed by atoms with Crippen LogP contribution in [0.3, 0.4) is 0 Å². The summed E-state index contributed by atoms with van der Waals surface area (Å²) in [6.07, 6.45) is 0. The first-order valence-corrected chi connectivity index (χ1v) is 8.96. The molecule has 0 atom stereocenters. The molecule has 0 saturated heterocycles. The molecular formula is C17H15N3O2S2. The third-order valence-electron chi connectivity index (χ3n) is 3.64. The van der Waals surface area contributed by atoms with Gasteiger partial charge in [0.15, 0.2) is 16.6 Å². The lowest BCUT2D eigenvalue weighted by molar-refractivity contribution is 0.356. The fourth-order valence-electron chi connectivity index (χ4n) is 2.55. The highest BCUT2D eigenvalue weighted by atomic mass is 32.1. The van der Waals surface area contributed by atoms with Crippen LogP contribution >= 0.6 is 22.7 Å². The van der Waals surface area contributed by atoms with Crippen molar-refractivity contribution in [2.45, 2.75) is 6.92 Å². The summed E-state index contributed by atoms with van der Waals surface area (Å²) in [5.41, 5.74) is 2.92. The lowest BCUT2D eigenvalue weighted by Gasteiger charge is -2.05. The Morgan fingerprint density at radius 2 is 1.62 bits per heavy atom. The molecule has 5 nitrogen and oxygen atoms in total. The number of methoxy groups -OCH3 is 2. The summed E-state index contributed by atoms with van der Waals surface area (Å²) < 4.78 is 12.9. The Hall–Kier alpha value is -2.38. The van der Waals surface area contributed by atoms with Gasteiger partial charge in [-0.3, -0.25) is 0 Å². The maximum absolute atomic E-state index is 5.35. The molecular weight excluding hydrogens is 342 g/mol. The summed E-state index contributed by atoms with van der Waals surface area (Å²) in [4.78, 5) is 9.12. The number of aryl methyl sites for hydroxylation is 1. The van der Waals surface area contributed by atoms with Crippen LogP contribution in [0.4, 0.5) is 10.8 Å².